The van der Waals surface area contributed by atoms with E-state index in [1.54, 1.807) is 0 Å². The van der Waals surface area contributed by atoms with Gasteiger partial charge in [-0.15, -0.1) is 10.2 Å². The van der Waals surface area contributed by atoms with E-state index in [9.17, 15) is 35.2 Å². The molecule has 0 aliphatic carbocycles. The van der Waals surface area contributed by atoms with Crippen LogP contribution in [0, 0.1) is 0 Å². The molecule has 0 radical (unpaired) electrons. The van der Waals surface area contributed by atoms with Gasteiger partial charge in [0.2, 0.25) is 11.8 Å². The van der Waals surface area contributed by atoms with Crippen LogP contribution in [-0.2, 0) is 14.6 Å². The normalized spacial score (nSPS) is 12.7. The fourth-order valence-electron chi connectivity index (χ4n) is 2.56. The Hall–Kier alpha value is -3.43. The predicted molar refractivity (Wildman–Crippen MR) is 103 cm³/mol. The molecular formula is C17H15F5N6O4S. The number of nitrogens with zero attached hydrogens (tertiary/aromatic N) is 5. The number of halogens is 5. The maximum Gasteiger partial charge on any atom is 0.456 e. The molecule has 0 aliphatic heterocycles. The van der Waals surface area contributed by atoms with Gasteiger partial charge < -0.3 is 10.1 Å². The van der Waals surface area contributed by atoms with E-state index >= 15 is 0 Å². The van der Waals surface area contributed by atoms with E-state index in [0.29, 0.717) is 0 Å². The summed E-state index contributed by atoms with van der Waals surface area (Å²) in [6.07, 6.45) is -4.53. The third-order valence-electron chi connectivity index (χ3n) is 4.18. The Morgan fingerprint density at radius 2 is 1.85 bits per heavy atom. The SMILES string of the molecule is CCS(=O)(=O)c1nn2c(NC(C)=O)ccnc2c1-c1ccc(OCC(F)(F)C(F)(F)F)nn1. The van der Waals surface area contributed by atoms with Gasteiger partial charge in [-0.3, -0.25) is 4.79 Å². The van der Waals surface area contributed by atoms with Crippen molar-refractivity contribution < 1.29 is 39.9 Å². The zero-order chi connectivity index (χ0) is 24.6. The van der Waals surface area contributed by atoms with Crippen LogP contribution in [0.4, 0.5) is 27.8 Å². The molecule has 16 heteroatoms. The quantitative estimate of drug-likeness (QED) is 0.497. The summed E-state index contributed by atoms with van der Waals surface area (Å²) >= 11 is 0. The Labute approximate surface area is 182 Å². The van der Waals surface area contributed by atoms with Gasteiger partial charge >= 0.3 is 12.1 Å². The van der Waals surface area contributed by atoms with E-state index in [1.807, 2.05) is 0 Å². The van der Waals surface area contributed by atoms with Gasteiger partial charge in [0.25, 0.3) is 0 Å². The van der Waals surface area contributed by atoms with Crippen molar-refractivity contribution in [2.24, 2.45) is 0 Å². The minimum absolute atomic E-state index is 0.0279. The number of sulfone groups is 1. The first-order valence-corrected chi connectivity index (χ1v) is 10.7. The van der Waals surface area contributed by atoms with Crippen LogP contribution in [0.3, 0.4) is 0 Å². The largest absolute Gasteiger partial charge is 0.470 e. The second kappa shape index (κ2) is 8.49. The summed E-state index contributed by atoms with van der Waals surface area (Å²) in [5, 5.41) is 13.2. The number of nitrogens with one attached hydrogen (secondary N) is 1. The van der Waals surface area contributed by atoms with E-state index in [-0.39, 0.29) is 28.5 Å². The lowest BCUT2D eigenvalue weighted by Crippen LogP contribution is -2.41. The average Bonchev–Trinajstić information content (AvgIpc) is 3.13. The number of amides is 1. The van der Waals surface area contributed by atoms with Gasteiger partial charge in [0, 0.05) is 19.2 Å². The molecule has 0 unspecified atom stereocenters. The third-order valence-corrected chi connectivity index (χ3v) is 5.81. The van der Waals surface area contributed by atoms with Gasteiger partial charge in [-0.05, 0) is 12.1 Å². The number of ether oxygens (including phenoxy) is 1. The zero-order valence-electron chi connectivity index (χ0n) is 16.9. The van der Waals surface area contributed by atoms with Crippen LogP contribution >= 0.6 is 0 Å². The number of fused-ring (bicyclic) bond motifs is 1. The molecule has 0 saturated heterocycles. The van der Waals surface area contributed by atoms with Crippen molar-refractivity contribution in [2.45, 2.75) is 31.0 Å². The second-order valence-corrected chi connectivity index (χ2v) is 8.77. The predicted octanol–water partition coefficient (Wildman–Crippen LogP) is 2.51. The monoisotopic (exact) mass is 494 g/mol. The van der Waals surface area contributed by atoms with Crippen LogP contribution in [0.25, 0.3) is 16.9 Å². The molecule has 3 aromatic rings. The maximum absolute atomic E-state index is 13.0. The highest BCUT2D eigenvalue weighted by Crippen LogP contribution is 2.36. The average molecular weight is 494 g/mol. The number of hydrogen-bond acceptors (Lipinski definition) is 8. The molecule has 0 saturated carbocycles. The number of alkyl halides is 5. The Bertz CT molecular complexity index is 1290. The van der Waals surface area contributed by atoms with E-state index in [4.69, 9.17) is 0 Å². The van der Waals surface area contributed by atoms with Crippen molar-refractivity contribution in [3.8, 4) is 17.1 Å². The van der Waals surface area contributed by atoms with Gasteiger partial charge in [0.05, 0.1) is 11.3 Å². The summed E-state index contributed by atoms with van der Waals surface area (Å²) in [6.45, 7) is 0.583. The molecule has 0 spiro atoms. The molecule has 0 fully saturated rings. The number of anilines is 1. The molecule has 3 aromatic heterocycles. The molecule has 1 N–H and O–H groups in total. The van der Waals surface area contributed by atoms with Crippen molar-refractivity contribution in [2.75, 3.05) is 17.7 Å². The molecule has 0 aliphatic rings. The van der Waals surface area contributed by atoms with Crippen LogP contribution in [0.2, 0.25) is 0 Å². The highest BCUT2D eigenvalue weighted by Gasteiger charge is 2.58. The molecule has 178 valence electrons. The van der Waals surface area contributed by atoms with Gasteiger partial charge in [-0.1, -0.05) is 6.92 Å². The van der Waals surface area contributed by atoms with Gasteiger partial charge in [0.1, 0.15) is 11.5 Å². The third kappa shape index (κ3) is 4.84. The molecule has 1 amide bonds. The van der Waals surface area contributed by atoms with Crippen LogP contribution in [0.15, 0.2) is 29.4 Å². The molecule has 3 rings (SSSR count). The van der Waals surface area contributed by atoms with Crippen LogP contribution in [0.5, 0.6) is 5.88 Å². The molecule has 3 heterocycles. The summed E-state index contributed by atoms with van der Waals surface area (Å²) in [6, 6.07) is 3.42. The summed E-state index contributed by atoms with van der Waals surface area (Å²) in [5.74, 6) is -6.46. The minimum Gasteiger partial charge on any atom is -0.470 e. The summed E-state index contributed by atoms with van der Waals surface area (Å²) in [5.41, 5.74) is -0.261. The Kier molecular flexibility index (Phi) is 6.23. The van der Waals surface area contributed by atoms with Gasteiger partial charge in [0.15, 0.2) is 27.1 Å². The van der Waals surface area contributed by atoms with E-state index < -0.39 is 45.4 Å². The fraction of sp³-hybridized carbons (Fsp3) is 0.353. The van der Waals surface area contributed by atoms with Crippen LogP contribution in [-0.4, -0.2) is 63.6 Å². The van der Waals surface area contributed by atoms with E-state index in [0.717, 1.165) is 16.6 Å². The topological polar surface area (TPSA) is 128 Å². The first-order chi connectivity index (χ1) is 15.3. The summed E-state index contributed by atoms with van der Waals surface area (Å²) in [7, 11) is -3.95. The summed E-state index contributed by atoms with van der Waals surface area (Å²) < 4.78 is 93.6. The first kappa shape index (κ1) is 24.2. The Morgan fingerprint density at radius 1 is 1.15 bits per heavy atom. The van der Waals surface area contributed by atoms with E-state index in [2.05, 4.69) is 30.3 Å². The lowest BCUT2D eigenvalue weighted by atomic mass is 10.2. The van der Waals surface area contributed by atoms with Gasteiger partial charge in [-0.25, -0.2) is 13.4 Å². The number of carbonyl (C=O) groups excluding carboxylic acids is 1. The Morgan fingerprint density at radius 3 is 2.39 bits per heavy atom. The number of hydrogen-bond donors (Lipinski definition) is 1. The zero-order valence-corrected chi connectivity index (χ0v) is 17.7. The highest BCUT2D eigenvalue weighted by atomic mass is 32.2. The molecular weight excluding hydrogens is 479 g/mol. The lowest BCUT2D eigenvalue weighted by Gasteiger charge is -2.19. The Balaban J connectivity index is 2.06. The number of carbonyl (C=O) groups is 1. The number of aromatic nitrogens is 5. The van der Waals surface area contributed by atoms with Crippen molar-refractivity contribution >= 4 is 27.2 Å². The van der Waals surface area contributed by atoms with Crippen molar-refractivity contribution in [1.29, 1.82) is 0 Å². The smallest absolute Gasteiger partial charge is 0.456 e. The molecule has 0 bridgehead atoms. The first-order valence-electron chi connectivity index (χ1n) is 9.06. The lowest BCUT2D eigenvalue weighted by molar-refractivity contribution is -0.290. The maximum atomic E-state index is 13.0. The minimum atomic E-state index is -5.81. The van der Waals surface area contributed by atoms with Crippen LogP contribution < -0.4 is 10.1 Å². The van der Waals surface area contributed by atoms with Crippen molar-refractivity contribution in [3.63, 3.8) is 0 Å². The molecule has 0 aromatic carbocycles. The molecule has 0 atom stereocenters. The number of rotatable bonds is 7. The summed E-state index contributed by atoms with van der Waals surface area (Å²) in [4.78, 5) is 15.5. The van der Waals surface area contributed by atoms with Crippen LogP contribution in [0.1, 0.15) is 13.8 Å². The van der Waals surface area contributed by atoms with E-state index in [1.165, 1.54) is 26.1 Å². The molecule has 10 nitrogen and oxygen atoms in total. The molecule has 33 heavy (non-hydrogen) atoms. The van der Waals surface area contributed by atoms with Gasteiger partial charge in [-0.2, -0.15) is 31.6 Å². The second-order valence-electron chi connectivity index (χ2n) is 6.58. The standard InChI is InChI=1S/C17H15F5N6O4S/c1-3-33(30,31)15-13(14-23-7-6-11(24-9(2)29)28(14)27-15)10-4-5-12(26-25-10)32-8-16(18,19)17(20,21)22/h4-7H,3,8H2,1-2H3,(H,24,29). The highest BCUT2D eigenvalue weighted by molar-refractivity contribution is 7.91. The fourth-order valence-corrected chi connectivity index (χ4v) is 3.54. The van der Waals surface area contributed by atoms with Crippen molar-refractivity contribution in [3.05, 3.63) is 24.4 Å². The van der Waals surface area contributed by atoms with Crippen molar-refractivity contribution in [1.82, 2.24) is 24.8 Å².